The molecule has 0 saturated carbocycles. The first-order valence-corrected chi connectivity index (χ1v) is 12.4. The van der Waals surface area contributed by atoms with Crippen LogP contribution in [0.5, 0.6) is 0 Å². The Bertz CT molecular complexity index is 1130. The molecule has 6 atom stereocenters. The van der Waals surface area contributed by atoms with Gasteiger partial charge in [-0.1, -0.05) is 0 Å². The molecule has 2 unspecified atom stereocenters. The summed E-state index contributed by atoms with van der Waals surface area (Å²) in [5.41, 5.74) is 6.00. The Morgan fingerprint density at radius 1 is 1.00 bits per heavy atom. The van der Waals surface area contributed by atoms with Crippen LogP contribution in [0.1, 0.15) is 9.08 Å². The summed E-state index contributed by atoms with van der Waals surface area (Å²) in [5, 5.41) is 20.4. The second-order valence-corrected chi connectivity index (χ2v) is 10.4. The van der Waals surface area contributed by atoms with E-state index in [2.05, 4.69) is 28.1 Å². The van der Waals surface area contributed by atoms with Gasteiger partial charge >= 0.3 is 126 Å². The smallest absolute Gasteiger partial charge is 1.00 e. The summed E-state index contributed by atoms with van der Waals surface area (Å²) in [4.78, 5) is 47.2. The molecule has 0 bridgehead atoms. The number of nitrogens with zero attached hydrogens (tertiary/aromatic N) is 4. The molecule has 0 radical (unpaired) electrons. The van der Waals surface area contributed by atoms with Gasteiger partial charge in [0.15, 0.2) is 17.7 Å². The predicted molar refractivity (Wildman–Crippen MR) is 105 cm³/mol. The van der Waals surface area contributed by atoms with Gasteiger partial charge in [0.25, 0.3) is 0 Å². The Kier molecular flexibility index (Phi) is 16.7. The SMILES string of the molecule is Nc1ncnc2c1ncn2[C@@H]1O[C@H](COP(=O)(O)OP(=O)(O)OP(=O)(O)O)[C@@H](O)[C@H]1O.O.O.[H-].[H-].[K+].[K+]. The Hall–Kier alpha value is 1.83. The summed E-state index contributed by atoms with van der Waals surface area (Å²) in [5.74, 6) is 0.0426. The van der Waals surface area contributed by atoms with E-state index in [1.54, 1.807) is 0 Å². The van der Waals surface area contributed by atoms with Crippen molar-refractivity contribution >= 4 is 40.4 Å². The molecular formula is C10H22K2N5O15P3. The van der Waals surface area contributed by atoms with Crippen LogP contribution in [0.15, 0.2) is 12.7 Å². The maximum absolute atomic E-state index is 11.8. The molecule has 0 spiro atoms. The van der Waals surface area contributed by atoms with Crippen LogP contribution < -0.4 is 109 Å². The van der Waals surface area contributed by atoms with E-state index in [4.69, 9.17) is 25.2 Å². The first kappa shape index (κ1) is 39.0. The Labute approximate surface area is 283 Å². The quantitative estimate of drug-likeness (QED) is 0.106. The van der Waals surface area contributed by atoms with Gasteiger partial charge < -0.3 is 54.1 Å². The number of nitrogen functional groups attached to an aromatic ring is 1. The number of phosphoric ester groups is 1. The van der Waals surface area contributed by atoms with E-state index in [1.807, 2.05) is 0 Å². The van der Waals surface area contributed by atoms with Gasteiger partial charge in [0, 0.05) is 0 Å². The molecule has 25 heteroatoms. The molecule has 35 heavy (non-hydrogen) atoms. The average molecular weight is 623 g/mol. The van der Waals surface area contributed by atoms with Gasteiger partial charge in [-0.3, -0.25) is 9.09 Å². The van der Waals surface area contributed by atoms with Crippen molar-refractivity contribution in [3.8, 4) is 0 Å². The van der Waals surface area contributed by atoms with Crippen molar-refractivity contribution in [1.29, 1.82) is 0 Å². The van der Waals surface area contributed by atoms with E-state index in [1.165, 1.54) is 10.9 Å². The van der Waals surface area contributed by atoms with Crippen LogP contribution in [0.3, 0.4) is 0 Å². The van der Waals surface area contributed by atoms with Gasteiger partial charge in [0.2, 0.25) is 0 Å². The number of nitrogens with two attached hydrogens (primary N) is 1. The molecule has 12 N–H and O–H groups in total. The van der Waals surface area contributed by atoms with E-state index in [-0.39, 0.29) is 134 Å². The van der Waals surface area contributed by atoms with Crippen molar-refractivity contribution < 1.29 is 178 Å². The molecule has 1 aliphatic heterocycles. The summed E-state index contributed by atoms with van der Waals surface area (Å²) >= 11 is 0. The molecule has 1 saturated heterocycles. The second-order valence-electron chi connectivity index (χ2n) is 6.02. The number of aromatic nitrogens is 4. The van der Waals surface area contributed by atoms with Crippen molar-refractivity contribution in [1.82, 2.24) is 19.5 Å². The third-order valence-corrected chi connectivity index (χ3v) is 7.62. The fraction of sp³-hybridized carbons (Fsp3) is 0.500. The summed E-state index contributed by atoms with van der Waals surface area (Å²) in [6, 6.07) is 0. The summed E-state index contributed by atoms with van der Waals surface area (Å²) in [6.45, 7) is -0.956. The van der Waals surface area contributed by atoms with Gasteiger partial charge in [0.05, 0.1) is 12.9 Å². The van der Waals surface area contributed by atoms with E-state index in [9.17, 15) is 28.8 Å². The maximum Gasteiger partial charge on any atom is 1.00 e. The molecule has 2 aromatic heterocycles. The Balaban J connectivity index is -0.000000907. The molecule has 20 nitrogen and oxygen atoms in total. The second kappa shape index (κ2) is 15.0. The van der Waals surface area contributed by atoms with Crippen molar-refractivity contribution in [2.24, 2.45) is 0 Å². The van der Waals surface area contributed by atoms with Crippen LogP contribution in [0.25, 0.3) is 11.2 Å². The number of imidazole rings is 1. The molecule has 2 aromatic rings. The largest absolute Gasteiger partial charge is 1.00 e. The van der Waals surface area contributed by atoms with Crippen molar-refractivity contribution in [2.75, 3.05) is 12.3 Å². The normalized spacial score (nSPS) is 25.2. The molecule has 0 amide bonds. The van der Waals surface area contributed by atoms with Crippen molar-refractivity contribution in [2.45, 2.75) is 24.5 Å². The zero-order valence-electron chi connectivity index (χ0n) is 19.9. The fourth-order valence-electron chi connectivity index (χ4n) is 2.62. The zero-order valence-corrected chi connectivity index (χ0v) is 26.8. The maximum atomic E-state index is 11.8. The molecular weight excluding hydrogens is 601 g/mol. The number of rotatable bonds is 8. The summed E-state index contributed by atoms with van der Waals surface area (Å²) in [7, 11) is -16.7. The molecule has 0 aromatic carbocycles. The minimum Gasteiger partial charge on any atom is -1.00 e. The van der Waals surface area contributed by atoms with Crippen LogP contribution in [0.4, 0.5) is 5.82 Å². The first-order valence-electron chi connectivity index (χ1n) is 7.92. The molecule has 1 aliphatic rings. The summed E-state index contributed by atoms with van der Waals surface area (Å²) < 4.78 is 51.9. The third kappa shape index (κ3) is 10.4. The average Bonchev–Trinajstić information content (AvgIpc) is 3.13. The number of fused-ring (bicyclic) bond motifs is 1. The fourth-order valence-corrected chi connectivity index (χ4v) is 5.65. The van der Waals surface area contributed by atoms with Crippen LogP contribution in [-0.2, 0) is 31.6 Å². The standard InChI is InChI=1S/C10H16N5O13P3.2K.2H2O.2H/c11-8-5-9(13-2-12-8)15(3-14-5)10-7(17)6(16)4(26-10)1-25-30(21,22)28-31(23,24)27-29(18,19)20;;;;;;/h2-4,6-7,10,16-17H,1H2,(H,21,22)(H,23,24)(H2,11,12,13)(H2,18,19,20);;;2*1H2;;/q;2*+1;;;2*-1/t4-,6-,7-,10-;;;;;;/m1....../s1. The Morgan fingerprint density at radius 3 is 2.17 bits per heavy atom. The topological polar surface area (TPSA) is 342 Å². The van der Waals surface area contributed by atoms with E-state index < -0.39 is 54.6 Å². The zero-order chi connectivity index (χ0) is 23.2. The van der Waals surface area contributed by atoms with Crippen molar-refractivity contribution in [3.05, 3.63) is 12.7 Å². The number of aliphatic hydroxyl groups excluding tert-OH is 2. The first-order chi connectivity index (χ1) is 14.2. The van der Waals surface area contributed by atoms with Gasteiger partial charge in [-0.25, -0.2) is 28.6 Å². The van der Waals surface area contributed by atoms with Crippen LogP contribution >= 0.6 is 23.5 Å². The van der Waals surface area contributed by atoms with Crippen LogP contribution in [0, 0.1) is 0 Å². The molecule has 3 rings (SSSR count). The molecule has 194 valence electrons. The van der Waals surface area contributed by atoms with Crippen molar-refractivity contribution in [3.63, 3.8) is 0 Å². The van der Waals surface area contributed by atoms with E-state index in [0.717, 1.165) is 6.33 Å². The molecule has 0 aliphatic carbocycles. The minimum absolute atomic E-state index is 0. The van der Waals surface area contributed by atoms with Gasteiger partial charge in [0.1, 0.15) is 30.2 Å². The number of hydrogen-bond acceptors (Lipinski definition) is 13. The molecule has 3 heterocycles. The van der Waals surface area contributed by atoms with Crippen LogP contribution in [0.2, 0.25) is 0 Å². The van der Waals surface area contributed by atoms with Gasteiger partial charge in [-0.2, -0.15) is 8.62 Å². The minimum atomic E-state index is -5.70. The number of aliphatic hydroxyl groups is 2. The van der Waals surface area contributed by atoms with Gasteiger partial charge in [-0.15, -0.1) is 0 Å². The van der Waals surface area contributed by atoms with Gasteiger partial charge in [-0.05, 0) is 0 Å². The van der Waals surface area contributed by atoms with Crippen LogP contribution in [-0.4, -0.2) is 85.2 Å². The monoisotopic (exact) mass is 623 g/mol. The number of hydrogen-bond donors (Lipinski definition) is 7. The predicted octanol–water partition coefficient (Wildman–Crippen LogP) is -9.05. The van der Waals surface area contributed by atoms with E-state index in [0.29, 0.717) is 0 Å². The number of ether oxygens (including phenoxy) is 1. The molecule has 1 fully saturated rings. The summed E-state index contributed by atoms with van der Waals surface area (Å²) in [6.07, 6.45) is -3.69. The number of anilines is 1. The Morgan fingerprint density at radius 2 is 1.60 bits per heavy atom. The number of phosphoric acid groups is 3. The third-order valence-electron chi connectivity index (χ3n) is 3.82. The van der Waals surface area contributed by atoms with E-state index >= 15 is 0 Å².